The molecule has 2 saturated heterocycles. The van der Waals surface area contributed by atoms with Crippen LogP contribution >= 0.6 is 0 Å². The van der Waals surface area contributed by atoms with E-state index in [1.807, 2.05) is 24.3 Å². The van der Waals surface area contributed by atoms with E-state index in [1.54, 1.807) is 60.8 Å². The summed E-state index contributed by atoms with van der Waals surface area (Å²) in [5.74, 6) is -7.37. The van der Waals surface area contributed by atoms with Gasteiger partial charge in [-0.2, -0.15) is 0 Å². The Balaban J connectivity index is 0.874. The number of carbonyl (C=O) groups is 11. The molecule has 5 aromatic rings. The number of aliphatic hydroxyl groups is 1. The zero-order valence-electron chi connectivity index (χ0n) is 50.0. The van der Waals surface area contributed by atoms with Crippen molar-refractivity contribution >= 4 is 75.9 Å². The minimum Gasteiger partial charge on any atom is -0.508 e. The minimum atomic E-state index is -1.44. The number of amides is 11. The number of phenolic OH excluding ortho intramolecular Hbond substituents is 2. The lowest BCUT2D eigenvalue weighted by Gasteiger charge is -2.30. The van der Waals surface area contributed by atoms with E-state index in [4.69, 9.17) is 11.5 Å². The molecule has 480 valence electrons. The number of aromatic hydroxyl groups is 2. The van der Waals surface area contributed by atoms with Crippen molar-refractivity contribution in [2.45, 2.75) is 145 Å². The number of likely N-dealkylation sites (tertiary alicyclic amines) is 1. The van der Waals surface area contributed by atoms with E-state index >= 15 is 0 Å². The van der Waals surface area contributed by atoms with Gasteiger partial charge >= 0.3 is 0 Å². The molecule has 10 atom stereocenters. The minimum absolute atomic E-state index is 0.0236. The molecule has 11 amide bonds. The van der Waals surface area contributed by atoms with Gasteiger partial charge in [0.15, 0.2) is 0 Å². The highest BCUT2D eigenvalue weighted by Crippen LogP contribution is 2.23. The lowest BCUT2D eigenvalue weighted by atomic mass is 10.0. The molecular formula is C63H79N13O14. The summed E-state index contributed by atoms with van der Waals surface area (Å²) in [6.07, 6.45) is 3.03. The van der Waals surface area contributed by atoms with E-state index in [0.29, 0.717) is 36.0 Å². The van der Waals surface area contributed by atoms with Crippen LogP contribution < -0.4 is 59.3 Å². The first-order valence-electron chi connectivity index (χ1n) is 29.9. The third kappa shape index (κ3) is 19.3. The van der Waals surface area contributed by atoms with Gasteiger partial charge in [0.1, 0.15) is 65.9 Å². The number of nitrogens with zero attached hydrogens (tertiary/aromatic N) is 1. The number of hydrogen-bond donors (Lipinski definition) is 15. The molecule has 27 heteroatoms. The van der Waals surface area contributed by atoms with Gasteiger partial charge in [0.25, 0.3) is 0 Å². The Labute approximate surface area is 519 Å². The Hall–Kier alpha value is -9.89. The van der Waals surface area contributed by atoms with Gasteiger partial charge < -0.3 is 84.5 Å². The topological polar surface area (TPSA) is 428 Å². The second kappa shape index (κ2) is 32.4. The average molecular weight is 1240 g/mol. The van der Waals surface area contributed by atoms with Crippen LogP contribution in [-0.4, -0.2) is 170 Å². The summed E-state index contributed by atoms with van der Waals surface area (Å²) in [5, 5.41) is 54.4. The summed E-state index contributed by atoms with van der Waals surface area (Å²) in [4.78, 5) is 152. The van der Waals surface area contributed by atoms with Crippen molar-refractivity contribution in [1.29, 1.82) is 0 Å². The number of H-pyrrole nitrogens is 1. The van der Waals surface area contributed by atoms with E-state index in [0.717, 1.165) is 16.5 Å². The summed E-state index contributed by atoms with van der Waals surface area (Å²) in [7, 11) is 0. The highest BCUT2D eigenvalue weighted by atomic mass is 16.3. The summed E-state index contributed by atoms with van der Waals surface area (Å²) >= 11 is 0. The molecule has 3 heterocycles. The molecule has 2 fully saturated rings. The van der Waals surface area contributed by atoms with Crippen molar-refractivity contribution in [3.63, 3.8) is 0 Å². The summed E-state index contributed by atoms with van der Waals surface area (Å²) in [6, 6.07) is 16.6. The molecule has 0 unspecified atom stereocenters. The standard InChI is InChI=1S/C63H79N13O14/c1-35(68-57(84)44(64)29-38-17-21-41(78)22-18-38)55(82)73-49(30-37-11-4-3-5-12-37)61(88)69-36(2)56(83)74-50(31-39-19-23-42(79)24-20-39)63(90)76-28-10-16-52(76)62(89)75-51(34-77)58(85)66-27-9-8-15-46-59(86)72-47(60(87)71-46)25-26-53(80)70-48(54(65)81)32-40-33-67-45-14-7-6-13-43(40)45/h3-7,11-14,17-24,33,35-36,44,46-52,67,77-79H,8-10,15-16,25-32,34,64H2,1-2H3,(H2,65,81)(H,66,85)(H,68,84)(H,69,88)(H,70,80)(H,71,87)(H,72,86)(H,73,82)(H,74,83)(H,75,89)/t35-,36-,44+,46+,47+,48+,49+,50+,51+,52+/m1/s1. The number of aromatic nitrogens is 1. The van der Waals surface area contributed by atoms with E-state index < -0.39 is 132 Å². The number of benzene rings is 4. The molecule has 17 N–H and O–H groups in total. The van der Waals surface area contributed by atoms with Gasteiger partial charge in [0.05, 0.1) is 12.6 Å². The fourth-order valence-corrected chi connectivity index (χ4v) is 10.6. The molecule has 0 aliphatic carbocycles. The number of nitrogens with one attached hydrogen (secondary N) is 10. The normalized spacial score (nSPS) is 17.8. The largest absolute Gasteiger partial charge is 0.508 e. The zero-order chi connectivity index (χ0) is 65.0. The van der Waals surface area contributed by atoms with Crippen molar-refractivity contribution in [3.8, 4) is 11.5 Å². The second-order valence-electron chi connectivity index (χ2n) is 22.6. The molecular weight excluding hydrogens is 1160 g/mol. The Morgan fingerprint density at radius 1 is 0.600 bits per heavy atom. The van der Waals surface area contributed by atoms with Gasteiger partial charge in [-0.05, 0) is 111 Å². The Morgan fingerprint density at radius 2 is 1.17 bits per heavy atom. The molecule has 7 rings (SSSR count). The van der Waals surface area contributed by atoms with Gasteiger partial charge in [-0.15, -0.1) is 0 Å². The molecule has 90 heavy (non-hydrogen) atoms. The number of rotatable bonds is 31. The Kier molecular flexibility index (Phi) is 24.3. The summed E-state index contributed by atoms with van der Waals surface area (Å²) in [6.45, 7) is 2.12. The van der Waals surface area contributed by atoms with Crippen molar-refractivity contribution in [1.82, 2.24) is 57.7 Å². The number of fused-ring (bicyclic) bond motifs is 1. The quantitative estimate of drug-likeness (QED) is 0.0228. The van der Waals surface area contributed by atoms with Gasteiger partial charge in [0, 0.05) is 55.9 Å². The van der Waals surface area contributed by atoms with E-state index in [-0.39, 0.29) is 76.0 Å². The molecule has 0 saturated carbocycles. The number of hydrogen-bond acceptors (Lipinski definition) is 15. The molecule has 0 spiro atoms. The van der Waals surface area contributed by atoms with Gasteiger partial charge in [-0.25, -0.2) is 0 Å². The van der Waals surface area contributed by atoms with Crippen LogP contribution in [0.1, 0.15) is 81.0 Å². The number of carbonyl (C=O) groups excluding carboxylic acids is 11. The summed E-state index contributed by atoms with van der Waals surface area (Å²) < 4.78 is 0. The predicted octanol–water partition coefficient (Wildman–Crippen LogP) is -1.36. The van der Waals surface area contributed by atoms with Gasteiger partial charge in [-0.1, -0.05) is 72.8 Å². The molecule has 2 aliphatic rings. The number of para-hydroxylation sites is 1. The lowest BCUT2D eigenvalue weighted by Crippen LogP contribution is -2.61. The van der Waals surface area contributed by atoms with Crippen LogP contribution in [0.3, 0.4) is 0 Å². The number of aliphatic hydroxyl groups excluding tert-OH is 1. The maximum atomic E-state index is 14.6. The smallest absolute Gasteiger partial charge is 0.246 e. The highest BCUT2D eigenvalue weighted by Gasteiger charge is 2.40. The van der Waals surface area contributed by atoms with Crippen molar-refractivity contribution in [3.05, 3.63) is 132 Å². The molecule has 1 aromatic heterocycles. The number of phenols is 2. The van der Waals surface area contributed by atoms with Crippen LogP contribution in [-0.2, 0) is 78.4 Å². The van der Waals surface area contributed by atoms with E-state index in [1.165, 1.54) is 43.0 Å². The van der Waals surface area contributed by atoms with Gasteiger partial charge in [-0.3, -0.25) is 52.7 Å². The maximum Gasteiger partial charge on any atom is 0.246 e. The Morgan fingerprint density at radius 3 is 1.80 bits per heavy atom. The molecule has 2 aliphatic heterocycles. The Bertz CT molecular complexity index is 3360. The third-order valence-corrected chi connectivity index (χ3v) is 15.7. The first kappa shape index (κ1) is 67.6. The number of piperazine rings is 1. The van der Waals surface area contributed by atoms with Crippen molar-refractivity contribution < 1.29 is 68.1 Å². The lowest BCUT2D eigenvalue weighted by molar-refractivity contribution is -0.142. The molecule has 4 aromatic carbocycles. The first-order valence-corrected chi connectivity index (χ1v) is 29.9. The monoisotopic (exact) mass is 1240 g/mol. The van der Waals surface area contributed by atoms with Crippen LogP contribution in [0.15, 0.2) is 109 Å². The number of primary amides is 1. The SMILES string of the molecule is C[C@@H](NC(=O)[C@H](Cc1ccccc1)NC(=O)[C@@H](C)NC(=O)[C@@H](N)Cc1ccc(O)cc1)C(=O)N[C@@H](Cc1ccc(O)cc1)C(=O)N1CCC[C@H]1C(=O)N[C@@H](CO)C(=O)NCCCC[C@@H]1NC(=O)[C@H](CCC(=O)N[C@@H](Cc2c[nH]c3ccccc23)C(N)=O)NC1=O. The van der Waals surface area contributed by atoms with Crippen molar-refractivity contribution in [2.24, 2.45) is 11.5 Å². The highest BCUT2D eigenvalue weighted by molar-refractivity contribution is 5.99. The van der Waals surface area contributed by atoms with Crippen LogP contribution in [0.25, 0.3) is 10.9 Å². The van der Waals surface area contributed by atoms with Crippen LogP contribution in [0.4, 0.5) is 0 Å². The third-order valence-electron chi connectivity index (χ3n) is 15.7. The fourth-order valence-electron chi connectivity index (χ4n) is 10.6. The zero-order valence-corrected chi connectivity index (χ0v) is 50.0. The van der Waals surface area contributed by atoms with E-state index in [9.17, 15) is 68.1 Å². The number of nitrogens with two attached hydrogens (primary N) is 2. The average Bonchev–Trinajstić information content (AvgIpc) is 1.94. The fraction of sp³-hybridized carbons (Fsp3) is 0.413. The van der Waals surface area contributed by atoms with E-state index in [2.05, 4.69) is 52.8 Å². The molecule has 0 bridgehead atoms. The maximum absolute atomic E-state index is 14.6. The van der Waals surface area contributed by atoms with Crippen LogP contribution in [0, 0.1) is 0 Å². The number of aromatic amines is 1. The first-order chi connectivity index (χ1) is 43.1. The molecule has 27 nitrogen and oxygen atoms in total. The molecule has 0 radical (unpaired) electrons. The number of unbranched alkanes of at least 4 members (excludes halogenated alkanes) is 1. The summed E-state index contributed by atoms with van der Waals surface area (Å²) in [5.41, 5.74) is 15.2. The van der Waals surface area contributed by atoms with Gasteiger partial charge in [0.2, 0.25) is 65.0 Å². The van der Waals surface area contributed by atoms with Crippen molar-refractivity contribution in [2.75, 3.05) is 19.7 Å². The second-order valence-corrected chi connectivity index (χ2v) is 22.6. The van der Waals surface area contributed by atoms with Crippen LogP contribution in [0.2, 0.25) is 0 Å². The van der Waals surface area contributed by atoms with Crippen LogP contribution in [0.5, 0.6) is 11.5 Å². The predicted molar refractivity (Wildman–Crippen MR) is 328 cm³/mol.